The van der Waals surface area contributed by atoms with Crippen molar-refractivity contribution in [2.45, 2.75) is 24.5 Å². The second kappa shape index (κ2) is 5.94. The highest BCUT2D eigenvalue weighted by molar-refractivity contribution is 7.89. The first-order valence-corrected chi connectivity index (χ1v) is 7.82. The van der Waals surface area contributed by atoms with Gasteiger partial charge in [0.15, 0.2) is 0 Å². The summed E-state index contributed by atoms with van der Waals surface area (Å²) in [6.45, 7) is 3.50. The van der Waals surface area contributed by atoms with Crippen molar-refractivity contribution in [3.63, 3.8) is 0 Å². The molecule has 0 saturated carbocycles. The van der Waals surface area contributed by atoms with Crippen LogP contribution in [-0.4, -0.2) is 40.6 Å². The molecule has 1 aromatic rings. The molecule has 1 saturated heterocycles. The maximum absolute atomic E-state index is 12.2. The van der Waals surface area contributed by atoms with Gasteiger partial charge >= 0.3 is 5.97 Å². The molecular formula is C12H18N2O5S. The van der Waals surface area contributed by atoms with Crippen molar-refractivity contribution in [1.29, 1.82) is 0 Å². The van der Waals surface area contributed by atoms with Gasteiger partial charge in [-0.3, -0.25) is 0 Å². The molecule has 0 aliphatic carbocycles. The minimum absolute atomic E-state index is 0.0752. The van der Waals surface area contributed by atoms with Gasteiger partial charge in [-0.25, -0.2) is 17.9 Å². The van der Waals surface area contributed by atoms with Crippen LogP contribution in [0.2, 0.25) is 0 Å². The fourth-order valence-corrected chi connectivity index (χ4v) is 3.45. The SMILES string of the molecule is COC(=O)c1coc(S(=O)(=O)NC2CCNCC2C)c1. The molecule has 1 fully saturated rings. The number of piperidine rings is 1. The average Bonchev–Trinajstić information content (AvgIpc) is 2.91. The van der Waals surface area contributed by atoms with E-state index in [1.807, 2.05) is 6.92 Å². The first-order valence-electron chi connectivity index (χ1n) is 6.34. The summed E-state index contributed by atoms with van der Waals surface area (Å²) >= 11 is 0. The summed E-state index contributed by atoms with van der Waals surface area (Å²) in [5, 5.41) is 2.92. The Morgan fingerprint density at radius 3 is 2.95 bits per heavy atom. The van der Waals surface area contributed by atoms with Gasteiger partial charge in [0.1, 0.15) is 6.26 Å². The van der Waals surface area contributed by atoms with E-state index in [0.29, 0.717) is 6.42 Å². The van der Waals surface area contributed by atoms with Crippen molar-refractivity contribution in [2.75, 3.05) is 20.2 Å². The summed E-state index contributed by atoms with van der Waals surface area (Å²) in [6, 6.07) is 1.02. The first kappa shape index (κ1) is 15.0. The quantitative estimate of drug-likeness (QED) is 0.779. The number of carbonyl (C=O) groups excluding carboxylic acids is 1. The van der Waals surface area contributed by atoms with Gasteiger partial charge in [0, 0.05) is 12.1 Å². The van der Waals surface area contributed by atoms with Crippen molar-refractivity contribution < 1.29 is 22.4 Å². The predicted octanol–water partition coefficient (Wildman–Crippen LogP) is 0.342. The second-order valence-corrected chi connectivity index (χ2v) is 6.49. The number of esters is 1. The smallest absolute Gasteiger partial charge is 0.341 e. The molecule has 0 aromatic carbocycles. The number of carbonyl (C=O) groups is 1. The lowest BCUT2D eigenvalue weighted by Gasteiger charge is -2.29. The Kier molecular flexibility index (Phi) is 4.46. The van der Waals surface area contributed by atoms with Gasteiger partial charge in [-0.2, -0.15) is 0 Å². The van der Waals surface area contributed by atoms with E-state index < -0.39 is 16.0 Å². The third-order valence-corrected chi connectivity index (χ3v) is 4.71. The Morgan fingerprint density at radius 1 is 1.55 bits per heavy atom. The van der Waals surface area contributed by atoms with E-state index in [-0.39, 0.29) is 22.6 Å². The van der Waals surface area contributed by atoms with Crippen LogP contribution in [0, 0.1) is 5.92 Å². The van der Waals surface area contributed by atoms with Gasteiger partial charge in [-0.1, -0.05) is 6.92 Å². The molecule has 112 valence electrons. The summed E-state index contributed by atoms with van der Waals surface area (Å²) in [5.41, 5.74) is 0.0752. The van der Waals surface area contributed by atoms with Gasteiger partial charge < -0.3 is 14.5 Å². The Bertz CT molecular complexity index is 580. The Labute approximate surface area is 117 Å². The molecule has 2 unspecified atom stereocenters. The van der Waals surface area contributed by atoms with Crippen LogP contribution in [-0.2, 0) is 14.8 Å². The number of hydrogen-bond acceptors (Lipinski definition) is 6. The lowest BCUT2D eigenvalue weighted by Crippen LogP contribution is -2.48. The van der Waals surface area contributed by atoms with Gasteiger partial charge in [0.05, 0.1) is 12.7 Å². The van der Waals surface area contributed by atoms with Crippen LogP contribution in [0.5, 0.6) is 0 Å². The fraction of sp³-hybridized carbons (Fsp3) is 0.583. The monoisotopic (exact) mass is 302 g/mol. The summed E-state index contributed by atoms with van der Waals surface area (Å²) in [6.07, 6.45) is 1.79. The van der Waals surface area contributed by atoms with Gasteiger partial charge in [-0.15, -0.1) is 0 Å². The third-order valence-electron chi connectivity index (χ3n) is 3.35. The topological polar surface area (TPSA) is 97.6 Å². The zero-order valence-corrected chi connectivity index (χ0v) is 12.2. The molecule has 0 amide bonds. The minimum atomic E-state index is -3.77. The number of nitrogens with one attached hydrogen (secondary N) is 2. The van der Waals surface area contributed by atoms with Gasteiger partial charge in [-0.05, 0) is 25.4 Å². The molecule has 0 radical (unpaired) electrons. The number of methoxy groups -OCH3 is 1. The molecule has 2 atom stereocenters. The molecule has 8 heteroatoms. The van der Waals surface area contributed by atoms with E-state index in [4.69, 9.17) is 4.42 Å². The molecule has 7 nitrogen and oxygen atoms in total. The summed E-state index contributed by atoms with van der Waals surface area (Å²) in [5.74, 6) is -0.445. The first-order chi connectivity index (χ1) is 9.44. The van der Waals surface area contributed by atoms with Crippen LogP contribution >= 0.6 is 0 Å². The lowest BCUT2D eigenvalue weighted by atomic mass is 9.97. The highest BCUT2D eigenvalue weighted by Gasteiger charge is 2.29. The summed E-state index contributed by atoms with van der Waals surface area (Å²) in [4.78, 5) is 11.3. The molecule has 1 aliphatic heterocycles. The van der Waals surface area contributed by atoms with Gasteiger partial charge in [0.25, 0.3) is 10.0 Å². The number of ether oxygens (including phenoxy) is 1. The van der Waals surface area contributed by atoms with Crippen molar-refractivity contribution in [1.82, 2.24) is 10.0 Å². The van der Waals surface area contributed by atoms with Gasteiger partial charge in [0.2, 0.25) is 5.09 Å². The Hall–Kier alpha value is -1.38. The molecule has 20 heavy (non-hydrogen) atoms. The lowest BCUT2D eigenvalue weighted by molar-refractivity contribution is 0.0600. The normalized spacial score (nSPS) is 23.5. The molecular weight excluding hydrogens is 284 g/mol. The molecule has 1 aliphatic rings. The largest absolute Gasteiger partial charge is 0.465 e. The maximum Gasteiger partial charge on any atom is 0.341 e. The maximum atomic E-state index is 12.2. The van der Waals surface area contributed by atoms with E-state index in [1.165, 1.54) is 13.2 Å². The van der Waals surface area contributed by atoms with E-state index in [2.05, 4.69) is 14.8 Å². The van der Waals surface area contributed by atoms with Crippen molar-refractivity contribution in [3.8, 4) is 0 Å². The highest BCUT2D eigenvalue weighted by Crippen LogP contribution is 2.18. The average molecular weight is 302 g/mol. The molecule has 2 N–H and O–H groups in total. The van der Waals surface area contributed by atoms with Crippen LogP contribution < -0.4 is 10.0 Å². The number of furan rings is 1. The van der Waals surface area contributed by atoms with E-state index in [0.717, 1.165) is 19.4 Å². The predicted molar refractivity (Wildman–Crippen MR) is 70.8 cm³/mol. The number of hydrogen-bond donors (Lipinski definition) is 2. The minimum Gasteiger partial charge on any atom is -0.465 e. The van der Waals surface area contributed by atoms with Crippen molar-refractivity contribution >= 4 is 16.0 Å². The molecule has 0 spiro atoms. The van der Waals surface area contributed by atoms with Crippen LogP contribution in [0.4, 0.5) is 0 Å². The van der Waals surface area contributed by atoms with E-state index in [9.17, 15) is 13.2 Å². The fourth-order valence-electron chi connectivity index (χ4n) is 2.13. The molecule has 2 heterocycles. The molecule has 2 rings (SSSR count). The summed E-state index contributed by atoms with van der Waals surface area (Å²) in [7, 11) is -2.55. The number of rotatable bonds is 4. The zero-order chi connectivity index (χ0) is 14.8. The van der Waals surface area contributed by atoms with E-state index in [1.54, 1.807) is 0 Å². The van der Waals surface area contributed by atoms with Crippen LogP contribution in [0.3, 0.4) is 0 Å². The number of sulfonamides is 1. The van der Waals surface area contributed by atoms with Crippen molar-refractivity contribution in [3.05, 3.63) is 17.9 Å². The van der Waals surface area contributed by atoms with Crippen LogP contribution in [0.15, 0.2) is 21.8 Å². The second-order valence-electron chi connectivity index (χ2n) is 4.84. The Balaban J connectivity index is 2.13. The Morgan fingerprint density at radius 2 is 2.30 bits per heavy atom. The van der Waals surface area contributed by atoms with E-state index >= 15 is 0 Å². The van der Waals surface area contributed by atoms with Crippen LogP contribution in [0.1, 0.15) is 23.7 Å². The molecule has 1 aromatic heterocycles. The highest BCUT2D eigenvalue weighted by atomic mass is 32.2. The van der Waals surface area contributed by atoms with Crippen molar-refractivity contribution in [2.24, 2.45) is 5.92 Å². The third kappa shape index (κ3) is 3.20. The molecule has 0 bridgehead atoms. The zero-order valence-electron chi connectivity index (χ0n) is 11.4. The van der Waals surface area contributed by atoms with Crippen LogP contribution in [0.25, 0.3) is 0 Å². The standard InChI is InChI=1S/C12H18N2O5S/c1-8-6-13-4-3-10(8)14-20(16,17)11-5-9(7-19-11)12(15)18-2/h5,7-8,10,13-14H,3-4,6H2,1-2H3. The summed E-state index contributed by atoms with van der Waals surface area (Å²) < 4.78 is 36.5.